The summed E-state index contributed by atoms with van der Waals surface area (Å²) in [5.74, 6) is 0.0396. The highest BCUT2D eigenvalue weighted by Gasteiger charge is 2.10. The highest BCUT2D eigenvalue weighted by molar-refractivity contribution is 9.10. The minimum Gasteiger partial charge on any atom is -0.280 e. The van der Waals surface area contributed by atoms with Gasteiger partial charge in [-0.15, -0.1) is 15.3 Å². The average Bonchev–Trinajstić information content (AvgIpc) is 2.72. The van der Waals surface area contributed by atoms with Crippen LogP contribution in [0.15, 0.2) is 18.5 Å². The highest BCUT2D eigenvalue weighted by atomic mass is 79.9. The second-order valence-corrected chi connectivity index (χ2v) is 4.65. The zero-order valence-corrected chi connectivity index (χ0v) is 10.1. The molecular formula is C7H6BrClN6O. The first-order valence-corrected chi connectivity index (χ1v) is 5.53. The molecule has 0 saturated carbocycles. The molecule has 2 rings (SSSR count). The summed E-state index contributed by atoms with van der Waals surface area (Å²) >= 11 is 8.41. The van der Waals surface area contributed by atoms with Crippen molar-refractivity contribution in [2.75, 3.05) is 5.43 Å². The molecule has 0 aliphatic rings. The lowest BCUT2D eigenvalue weighted by Crippen LogP contribution is -2.33. The van der Waals surface area contributed by atoms with E-state index in [0.29, 0.717) is 11.5 Å². The highest BCUT2D eigenvalue weighted by Crippen LogP contribution is 2.05. The minimum atomic E-state index is -0.793. The predicted molar refractivity (Wildman–Crippen MR) is 61.1 cm³/mol. The van der Waals surface area contributed by atoms with Crippen molar-refractivity contribution in [2.45, 2.75) is 4.29 Å². The van der Waals surface area contributed by atoms with Crippen molar-refractivity contribution in [1.82, 2.24) is 25.2 Å². The fraction of sp³-hybridized carbons (Fsp3) is 0.143. The topological polar surface area (TPSA) is 84.2 Å². The summed E-state index contributed by atoms with van der Waals surface area (Å²) in [4.78, 5) is 11.1. The van der Waals surface area contributed by atoms with Crippen molar-refractivity contribution in [3.05, 3.63) is 18.5 Å². The molecular weight excluding hydrogens is 299 g/mol. The quantitative estimate of drug-likeness (QED) is 0.638. The van der Waals surface area contributed by atoms with Crippen molar-refractivity contribution >= 4 is 44.9 Å². The van der Waals surface area contributed by atoms with Gasteiger partial charge in [0.05, 0.1) is 0 Å². The van der Waals surface area contributed by atoms with Gasteiger partial charge in [0.1, 0.15) is 6.33 Å². The van der Waals surface area contributed by atoms with Crippen LogP contribution in [0.5, 0.6) is 0 Å². The average molecular weight is 306 g/mol. The van der Waals surface area contributed by atoms with E-state index in [1.54, 1.807) is 12.1 Å². The van der Waals surface area contributed by atoms with Gasteiger partial charge in [0.25, 0.3) is 5.91 Å². The van der Waals surface area contributed by atoms with E-state index < -0.39 is 10.2 Å². The van der Waals surface area contributed by atoms with Crippen LogP contribution in [-0.2, 0) is 4.79 Å². The van der Waals surface area contributed by atoms with Crippen LogP contribution in [0.4, 0.5) is 5.82 Å². The van der Waals surface area contributed by atoms with E-state index in [2.05, 4.69) is 42.1 Å². The lowest BCUT2D eigenvalue weighted by molar-refractivity contribution is -0.118. The van der Waals surface area contributed by atoms with Crippen LogP contribution in [0.3, 0.4) is 0 Å². The lowest BCUT2D eigenvalue weighted by atomic mass is 10.5. The third kappa shape index (κ3) is 2.39. The number of carbonyl (C=O) groups is 1. The molecule has 84 valence electrons. The summed E-state index contributed by atoms with van der Waals surface area (Å²) in [7, 11) is 0. The Balaban J connectivity index is 2.06. The van der Waals surface area contributed by atoms with Crippen LogP contribution in [-0.4, -0.2) is 30.0 Å². The Hall–Kier alpha value is -1.41. The van der Waals surface area contributed by atoms with E-state index in [1.165, 1.54) is 10.8 Å². The second-order valence-electron chi connectivity index (χ2n) is 2.77. The monoisotopic (exact) mass is 304 g/mol. The number of alkyl halides is 2. The van der Waals surface area contributed by atoms with Crippen LogP contribution < -0.4 is 10.9 Å². The maximum atomic E-state index is 11.1. The first-order valence-electron chi connectivity index (χ1n) is 4.18. The van der Waals surface area contributed by atoms with E-state index in [0.717, 1.165) is 0 Å². The van der Waals surface area contributed by atoms with Gasteiger partial charge < -0.3 is 0 Å². The number of hydrogen-bond acceptors (Lipinski definition) is 5. The van der Waals surface area contributed by atoms with Gasteiger partial charge in [-0.2, -0.15) is 4.52 Å². The number of hydrazine groups is 1. The van der Waals surface area contributed by atoms with E-state index in [4.69, 9.17) is 11.6 Å². The van der Waals surface area contributed by atoms with Crippen LogP contribution in [0, 0.1) is 0 Å². The third-order valence-electron chi connectivity index (χ3n) is 1.67. The number of nitrogens with one attached hydrogen (secondary N) is 2. The summed E-state index contributed by atoms with van der Waals surface area (Å²) in [6, 6.07) is 3.36. The zero-order valence-electron chi connectivity index (χ0n) is 7.76. The molecule has 0 aliphatic carbocycles. The molecule has 7 nitrogen and oxygen atoms in total. The first-order chi connectivity index (χ1) is 7.66. The number of aromatic nitrogens is 4. The number of nitrogens with zero attached hydrogens (tertiary/aromatic N) is 4. The molecule has 0 aromatic carbocycles. The number of hydrogen-bond donors (Lipinski definition) is 2. The van der Waals surface area contributed by atoms with Crippen LogP contribution in [0.2, 0.25) is 0 Å². The molecule has 1 atom stereocenters. The Kier molecular flexibility index (Phi) is 3.20. The molecule has 1 amide bonds. The molecule has 2 N–H and O–H groups in total. The SMILES string of the molecule is O=C(NNc1ccc2nncn2n1)C(Cl)Br. The van der Waals surface area contributed by atoms with Crippen molar-refractivity contribution in [1.29, 1.82) is 0 Å². The van der Waals surface area contributed by atoms with Crippen LogP contribution >= 0.6 is 27.5 Å². The van der Waals surface area contributed by atoms with E-state index >= 15 is 0 Å². The molecule has 2 aromatic rings. The lowest BCUT2D eigenvalue weighted by Gasteiger charge is -2.07. The second kappa shape index (κ2) is 4.62. The summed E-state index contributed by atoms with van der Waals surface area (Å²) in [5, 5.41) is 11.5. The van der Waals surface area contributed by atoms with E-state index in [9.17, 15) is 4.79 Å². The van der Waals surface area contributed by atoms with Crippen molar-refractivity contribution in [3.8, 4) is 0 Å². The standard InChI is InChI=1S/C7H6BrClN6O/c8-6(9)7(16)13-11-4-1-2-5-12-10-3-15(5)14-4/h1-3,6H,(H,11,14)(H,13,16). The van der Waals surface area contributed by atoms with Crippen molar-refractivity contribution in [2.24, 2.45) is 0 Å². The molecule has 0 fully saturated rings. The Bertz CT molecular complexity index is 514. The maximum Gasteiger partial charge on any atom is 0.267 e. The number of anilines is 1. The Labute approximate surface area is 103 Å². The van der Waals surface area contributed by atoms with Gasteiger partial charge in [-0.1, -0.05) is 27.5 Å². The zero-order chi connectivity index (χ0) is 11.5. The van der Waals surface area contributed by atoms with Gasteiger partial charge in [0.2, 0.25) is 0 Å². The number of amides is 1. The number of rotatable bonds is 3. The number of fused-ring (bicyclic) bond motifs is 1. The fourth-order valence-corrected chi connectivity index (χ4v) is 1.14. The third-order valence-corrected chi connectivity index (χ3v) is 2.29. The van der Waals surface area contributed by atoms with Gasteiger partial charge in [-0.05, 0) is 12.1 Å². The maximum absolute atomic E-state index is 11.1. The summed E-state index contributed by atoms with van der Waals surface area (Å²) in [6.07, 6.45) is 1.46. The normalized spacial score (nSPS) is 12.4. The molecule has 0 saturated heterocycles. The van der Waals surface area contributed by atoms with E-state index in [1.807, 2.05) is 0 Å². The van der Waals surface area contributed by atoms with Crippen molar-refractivity contribution in [3.63, 3.8) is 0 Å². The molecule has 1 unspecified atom stereocenters. The molecule has 0 spiro atoms. The molecule has 2 aromatic heterocycles. The Morgan fingerprint density at radius 3 is 3.12 bits per heavy atom. The molecule has 9 heteroatoms. The van der Waals surface area contributed by atoms with Crippen molar-refractivity contribution < 1.29 is 4.79 Å². The molecule has 0 aliphatic heterocycles. The number of carbonyl (C=O) groups excluding carboxylic acids is 1. The van der Waals surface area contributed by atoms with E-state index in [-0.39, 0.29) is 0 Å². The largest absolute Gasteiger partial charge is 0.280 e. The Morgan fingerprint density at radius 1 is 1.56 bits per heavy atom. The molecule has 0 bridgehead atoms. The smallest absolute Gasteiger partial charge is 0.267 e. The summed E-state index contributed by atoms with van der Waals surface area (Å²) in [6.45, 7) is 0. The van der Waals surface area contributed by atoms with Gasteiger partial charge in [-0.3, -0.25) is 15.6 Å². The van der Waals surface area contributed by atoms with Gasteiger partial charge >= 0.3 is 0 Å². The molecule has 2 heterocycles. The Morgan fingerprint density at radius 2 is 2.38 bits per heavy atom. The first kappa shape index (κ1) is 11.1. The summed E-state index contributed by atoms with van der Waals surface area (Å²) < 4.78 is 0.680. The number of halogens is 2. The molecule has 16 heavy (non-hydrogen) atoms. The predicted octanol–water partition coefficient (Wildman–Crippen LogP) is 0.527. The van der Waals surface area contributed by atoms with Gasteiger partial charge in [0, 0.05) is 0 Å². The van der Waals surface area contributed by atoms with Crippen LogP contribution in [0.25, 0.3) is 5.65 Å². The summed E-state index contributed by atoms with van der Waals surface area (Å²) in [5.41, 5.74) is 5.60. The van der Waals surface area contributed by atoms with Gasteiger partial charge in [0.15, 0.2) is 15.8 Å². The fourth-order valence-electron chi connectivity index (χ4n) is 0.975. The van der Waals surface area contributed by atoms with Crippen LogP contribution in [0.1, 0.15) is 0 Å². The van der Waals surface area contributed by atoms with Gasteiger partial charge in [-0.25, -0.2) is 0 Å². The minimum absolute atomic E-state index is 0.410. The molecule has 0 radical (unpaired) electrons.